The van der Waals surface area contributed by atoms with Crippen LogP contribution in [0.2, 0.25) is 0 Å². The molecule has 3 rings (SSSR count). The zero-order valence-corrected chi connectivity index (χ0v) is 11.8. The molecule has 0 aliphatic heterocycles. The molecule has 108 valence electrons. The number of anilines is 1. The third-order valence-electron chi connectivity index (χ3n) is 2.69. The number of aryl methyl sites for hydroxylation is 1. The largest absolute Gasteiger partial charge is 0.421 e. The topological polar surface area (TPSA) is 114 Å². The van der Waals surface area contributed by atoms with Gasteiger partial charge < -0.3 is 9.40 Å². The summed E-state index contributed by atoms with van der Waals surface area (Å²) >= 11 is 0. The summed E-state index contributed by atoms with van der Waals surface area (Å²) in [6.45, 7) is 1.66. The van der Waals surface area contributed by atoms with Crippen LogP contribution in [0.4, 0.5) is 5.69 Å². The highest BCUT2D eigenvalue weighted by molar-refractivity contribution is 7.92. The number of hydrogen-bond donors (Lipinski definition) is 2. The first-order chi connectivity index (χ1) is 10.1. The predicted octanol–water partition coefficient (Wildman–Crippen LogP) is 1.57. The Kier molecular flexibility index (Phi) is 3.18. The van der Waals surface area contributed by atoms with Crippen LogP contribution in [0.25, 0.3) is 11.5 Å². The number of H-pyrrole nitrogens is 1. The summed E-state index contributed by atoms with van der Waals surface area (Å²) in [7, 11) is -3.75. The summed E-state index contributed by atoms with van der Waals surface area (Å²) in [4.78, 5) is 6.25. The highest BCUT2D eigenvalue weighted by Gasteiger charge is 2.19. The molecule has 0 atom stereocenters. The van der Waals surface area contributed by atoms with E-state index in [1.807, 2.05) is 0 Å². The number of imidazole rings is 1. The lowest BCUT2D eigenvalue weighted by molar-refractivity contribution is 0.533. The van der Waals surface area contributed by atoms with Gasteiger partial charge in [0, 0.05) is 6.92 Å². The maximum Gasteiger partial charge on any atom is 0.278 e. The van der Waals surface area contributed by atoms with Gasteiger partial charge in [0.2, 0.25) is 11.8 Å². The maximum absolute atomic E-state index is 12.2. The lowest BCUT2D eigenvalue weighted by atomic mass is 10.2. The fraction of sp³-hybridized carbons (Fsp3) is 0.0833. The van der Waals surface area contributed by atoms with Crippen LogP contribution >= 0.6 is 0 Å². The Hall–Kier alpha value is -2.68. The average Bonchev–Trinajstić information content (AvgIpc) is 3.10. The quantitative estimate of drug-likeness (QED) is 0.756. The molecule has 0 radical (unpaired) electrons. The first kappa shape index (κ1) is 13.3. The molecule has 0 spiro atoms. The number of benzene rings is 1. The van der Waals surface area contributed by atoms with Crippen LogP contribution in [-0.4, -0.2) is 28.6 Å². The van der Waals surface area contributed by atoms with E-state index in [0.29, 0.717) is 17.1 Å². The van der Waals surface area contributed by atoms with Crippen molar-refractivity contribution < 1.29 is 12.8 Å². The van der Waals surface area contributed by atoms with Gasteiger partial charge in [-0.1, -0.05) is 12.1 Å². The van der Waals surface area contributed by atoms with E-state index in [1.165, 1.54) is 12.5 Å². The smallest absolute Gasteiger partial charge is 0.278 e. The molecule has 0 bridgehead atoms. The Morgan fingerprint density at radius 1 is 1.24 bits per heavy atom. The number of aromatic nitrogens is 4. The number of aromatic amines is 1. The van der Waals surface area contributed by atoms with Gasteiger partial charge in [0.25, 0.3) is 10.0 Å². The van der Waals surface area contributed by atoms with Gasteiger partial charge in [0.05, 0.1) is 23.8 Å². The van der Waals surface area contributed by atoms with Gasteiger partial charge in [-0.3, -0.25) is 4.72 Å². The summed E-state index contributed by atoms with van der Waals surface area (Å²) in [5.41, 5.74) is 0.844. The van der Waals surface area contributed by atoms with Crippen molar-refractivity contribution in [2.75, 3.05) is 4.72 Å². The molecule has 0 aliphatic carbocycles. The number of nitrogens with zero attached hydrogens (tertiary/aromatic N) is 3. The standard InChI is InChI=1S/C12H11N5O3S/c1-8-15-16-12(20-8)9-4-2-3-5-10(9)17-21(18,19)11-6-13-7-14-11/h2-7,17H,1H3,(H,13,14). The number of sulfonamides is 1. The zero-order chi connectivity index (χ0) is 14.9. The van der Waals surface area contributed by atoms with Crippen LogP contribution in [0.1, 0.15) is 5.89 Å². The first-order valence-corrected chi connectivity index (χ1v) is 7.45. The predicted molar refractivity (Wildman–Crippen MR) is 73.9 cm³/mol. The van der Waals surface area contributed by atoms with Crippen molar-refractivity contribution in [3.8, 4) is 11.5 Å². The van der Waals surface area contributed by atoms with Crippen LogP contribution < -0.4 is 4.72 Å². The molecule has 0 aliphatic rings. The van der Waals surface area contributed by atoms with E-state index >= 15 is 0 Å². The molecular weight excluding hydrogens is 294 g/mol. The molecule has 2 heterocycles. The Morgan fingerprint density at radius 3 is 2.71 bits per heavy atom. The molecule has 0 amide bonds. The SMILES string of the molecule is Cc1nnc(-c2ccccc2NS(=O)(=O)c2cnc[nH]2)o1. The second-order valence-corrected chi connectivity index (χ2v) is 5.84. The second kappa shape index (κ2) is 5.02. The van der Waals surface area contributed by atoms with Gasteiger partial charge in [-0.25, -0.2) is 4.98 Å². The molecule has 1 aromatic carbocycles. The summed E-state index contributed by atoms with van der Waals surface area (Å²) < 4.78 is 32.2. The van der Waals surface area contributed by atoms with Crippen molar-refractivity contribution in [3.05, 3.63) is 42.7 Å². The summed E-state index contributed by atoms with van der Waals surface area (Å²) in [5, 5.41) is 7.61. The highest BCUT2D eigenvalue weighted by Crippen LogP contribution is 2.28. The van der Waals surface area contributed by atoms with E-state index in [-0.39, 0.29) is 10.9 Å². The first-order valence-electron chi connectivity index (χ1n) is 5.97. The molecule has 2 N–H and O–H groups in total. The molecule has 3 aromatic rings. The van der Waals surface area contributed by atoms with E-state index < -0.39 is 10.0 Å². The third-order valence-corrected chi connectivity index (χ3v) is 3.98. The van der Waals surface area contributed by atoms with E-state index in [2.05, 4.69) is 24.9 Å². The van der Waals surface area contributed by atoms with Gasteiger partial charge in [0.15, 0.2) is 5.03 Å². The molecule has 0 saturated heterocycles. The third kappa shape index (κ3) is 2.63. The lowest BCUT2D eigenvalue weighted by Gasteiger charge is -2.09. The molecule has 9 heteroatoms. The van der Waals surface area contributed by atoms with Crippen LogP contribution in [0, 0.1) is 6.92 Å². The molecule has 2 aromatic heterocycles. The van der Waals surface area contributed by atoms with Crippen LogP contribution in [-0.2, 0) is 10.0 Å². The van der Waals surface area contributed by atoms with Gasteiger partial charge in [-0.15, -0.1) is 10.2 Å². The van der Waals surface area contributed by atoms with E-state index in [4.69, 9.17) is 4.42 Å². The van der Waals surface area contributed by atoms with Crippen molar-refractivity contribution in [2.24, 2.45) is 0 Å². The van der Waals surface area contributed by atoms with Crippen LogP contribution in [0.5, 0.6) is 0 Å². The molecule has 21 heavy (non-hydrogen) atoms. The Morgan fingerprint density at radius 2 is 2.05 bits per heavy atom. The molecular formula is C12H11N5O3S. The van der Waals surface area contributed by atoms with E-state index in [0.717, 1.165) is 0 Å². The highest BCUT2D eigenvalue weighted by atomic mass is 32.2. The van der Waals surface area contributed by atoms with Crippen molar-refractivity contribution >= 4 is 15.7 Å². The van der Waals surface area contributed by atoms with Crippen molar-refractivity contribution in [3.63, 3.8) is 0 Å². The number of para-hydroxylation sites is 1. The molecule has 0 unspecified atom stereocenters. The maximum atomic E-state index is 12.2. The van der Waals surface area contributed by atoms with Crippen molar-refractivity contribution in [1.29, 1.82) is 0 Å². The normalized spacial score (nSPS) is 11.5. The summed E-state index contributed by atoms with van der Waals surface area (Å²) in [6.07, 6.45) is 2.52. The number of rotatable bonds is 4. The van der Waals surface area contributed by atoms with Gasteiger partial charge in [0.1, 0.15) is 0 Å². The minimum Gasteiger partial charge on any atom is -0.421 e. The monoisotopic (exact) mass is 305 g/mol. The van der Waals surface area contributed by atoms with E-state index in [1.54, 1.807) is 31.2 Å². The minimum absolute atomic E-state index is 0.0287. The molecule has 8 nitrogen and oxygen atoms in total. The second-order valence-electron chi connectivity index (χ2n) is 4.19. The fourth-order valence-corrected chi connectivity index (χ4v) is 2.74. The van der Waals surface area contributed by atoms with Gasteiger partial charge in [-0.05, 0) is 12.1 Å². The minimum atomic E-state index is -3.75. The Balaban J connectivity index is 2.01. The summed E-state index contributed by atoms with van der Waals surface area (Å²) in [5.74, 6) is 0.645. The van der Waals surface area contributed by atoms with Gasteiger partial charge >= 0.3 is 0 Å². The summed E-state index contributed by atoms with van der Waals surface area (Å²) in [6, 6.07) is 6.76. The van der Waals surface area contributed by atoms with Crippen LogP contribution in [0.3, 0.4) is 0 Å². The lowest BCUT2D eigenvalue weighted by Crippen LogP contribution is -2.14. The van der Waals surface area contributed by atoms with Gasteiger partial charge in [-0.2, -0.15) is 8.42 Å². The van der Waals surface area contributed by atoms with Crippen molar-refractivity contribution in [1.82, 2.24) is 20.2 Å². The number of hydrogen-bond acceptors (Lipinski definition) is 6. The zero-order valence-electron chi connectivity index (χ0n) is 10.9. The van der Waals surface area contributed by atoms with E-state index in [9.17, 15) is 8.42 Å². The molecule has 0 saturated carbocycles. The number of nitrogens with one attached hydrogen (secondary N) is 2. The molecule has 0 fully saturated rings. The Bertz CT molecular complexity index is 855. The van der Waals surface area contributed by atoms with Crippen molar-refractivity contribution in [2.45, 2.75) is 11.9 Å². The average molecular weight is 305 g/mol. The van der Waals surface area contributed by atoms with Crippen LogP contribution in [0.15, 0.2) is 46.2 Å². The fourth-order valence-electron chi connectivity index (χ4n) is 1.75. The Labute approximate surface area is 120 Å².